The summed E-state index contributed by atoms with van der Waals surface area (Å²) >= 11 is 8.47. The molecule has 1 N–H and O–H groups in total. The second kappa shape index (κ2) is 6.39. The average molecular weight is 364 g/mol. The molecule has 0 aromatic heterocycles. The van der Waals surface area contributed by atoms with Gasteiger partial charge in [0.2, 0.25) is 0 Å². The largest absolute Gasteiger partial charge is 0.310 e. The van der Waals surface area contributed by atoms with Crippen LogP contribution in [-0.4, -0.2) is 6.54 Å². The van der Waals surface area contributed by atoms with Crippen LogP contribution in [0.2, 0.25) is 5.02 Å². The molecule has 94 valence electrons. The zero-order chi connectivity index (χ0) is 12.3. The maximum Gasteiger partial charge on any atom is 0.0542 e. The minimum absolute atomic E-state index is 0.468. The van der Waals surface area contributed by atoms with E-state index >= 15 is 0 Å². The molecule has 1 aliphatic rings. The summed E-state index contributed by atoms with van der Waals surface area (Å²) in [5.74, 6) is 0.996. The molecular formula is C14H19ClIN. The molecule has 2 rings (SSSR count). The van der Waals surface area contributed by atoms with Crippen molar-refractivity contribution in [2.24, 2.45) is 5.92 Å². The van der Waals surface area contributed by atoms with Crippen molar-refractivity contribution in [3.05, 3.63) is 32.4 Å². The van der Waals surface area contributed by atoms with Gasteiger partial charge in [-0.05, 0) is 65.6 Å². The van der Waals surface area contributed by atoms with E-state index < -0.39 is 0 Å². The molecule has 17 heavy (non-hydrogen) atoms. The van der Waals surface area contributed by atoms with Gasteiger partial charge in [0.05, 0.1) is 5.02 Å². The van der Waals surface area contributed by atoms with Crippen molar-refractivity contribution in [1.82, 2.24) is 5.32 Å². The van der Waals surface area contributed by atoms with Gasteiger partial charge >= 0.3 is 0 Å². The Hall–Kier alpha value is 0.200. The molecule has 1 nitrogen and oxygen atoms in total. The standard InChI is InChI=1S/C14H19ClIN/c1-2-17-14(8-5-10-3-4-10)11-6-7-13(16)12(15)9-11/h6-7,9-10,14,17H,2-5,8H2,1H3. The SMILES string of the molecule is CCNC(CCC1CC1)c1ccc(I)c(Cl)c1. The molecule has 1 aromatic rings. The Morgan fingerprint density at radius 2 is 2.24 bits per heavy atom. The van der Waals surface area contributed by atoms with Crippen LogP contribution in [0.15, 0.2) is 18.2 Å². The smallest absolute Gasteiger partial charge is 0.0542 e. The van der Waals surface area contributed by atoms with Gasteiger partial charge in [-0.3, -0.25) is 0 Å². The van der Waals surface area contributed by atoms with Crippen LogP contribution in [-0.2, 0) is 0 Å². The first-order valence-corrected chi connectivity index (χ1v) is 7.84. The fraction of sp³-hybridized carbons (Fsp3) is 0.571. The van der Waals surface area contributed by atoms with Crippen LogP contribution >= 0.6 is 34.2 Å². The number of rotatable bonds is 6. The van der Waals surface area contributed by atoms with Gasteiger partial charge in [0.25, 0.3) is 0 Å². The summed E-state index contributed by atoms with van der Waals surface area (Å²) in [4.78, 5) is 0. The van der Waals surface area contributed by atoms with Crippen LogP contribution in [0.5, 0.6) is 0 Å². The molecule has 1 aliphatic carbocycles. The lowest BCUT2D eigenvalue weighted by Crippen LogP contribution is -2.21. The Bertz CT molecular complexity index is 376. The number of hydrogen-bond donors (Lipinski definition) is 1. The van der Waals surface area contributed by atoms with E-state index in [0.29, 0.717) is 6.04 Å². The van der Waals surface area contributed by atoms with Crippen LogP contribution in [0, 0.1) is 9.49 Å². The highest BCUT2D eigenvalue weighted by molar-refractivity contribution is 14.1. The zero-order valence-corrected chi connectivity index (χ0v) is 13.1. The first-order chi connectivity index (χ1) is 8.20. The molecule has 1 saturated carbocycles. The molecule has 1 fully saturated rings. The van der Waals surface area contributed by atoms with Crippen molar-refractivity contribution in [1.29, 1.82) is 0 Å². The zero-order valence-electron chi connectivity index (χ0n) is 10.2. The van der Waals surface area contributed by atoms with Crippen molar-refractivity contribution in [2.75, 3.05) is 6.54 Å². The topological polar surface area (TPSA) is 12.0 Å². The third-order valence-electron chi connectivity index (χ3n) is 3.36. The summed E-state index contributed by atoms with van der Waals surface area (Å²) in [7, 11) is 0. The molecule has 0 amide bonds. The van der Waals surface area contributed by atoms with E-state index in [4.69, 9.17) is 11.6 Å². The summed E-state index contributed by atoms with van der Waals surface area (Å²) in [5.41, 5.74) is 1.33. The fourth-order valence-corrected chi connectivity index (χ4v) is 2.70. The lowest BCUT2D eigenvalue weighted by molar-refractivity contribution is 0.481. The van der Waals surface area contributed by atoms with Crippen molar-refractivity contribution in [3.8, 4) is 0 Å². The number of halogens is 2. The Kier molecular flexibility index (Phi) is 5.12. The van der Waals surface area contributed by atoms with Gasteiger partial charge in [-0.15, -0.1) is 0 Å². The third kappa shape index (κ3) is 4.11. The number of hydrogen-bond acceptors (Lipinski definition) is 1. The molecular weight excluding hydrogens is 345 g/mol. The summed E-state index contributed by atoms with van der Waals surface area (Å²) < 4.78 is 1.13. The van der Waals surface area contributed by atoms with Crippen molar-refractivity contribution in [3.63, 3.8) is 0 Å². The minimum atomic E-state index is 0.468. The van der Waals surface area contributed by atoms with Gasteiger partial charge in [0.1, 0.15) is 0 Å². The predicted molar refractivity (Wildman–Crippen MR) is 82.5 cm³/mol. The van der Waals surface area contributed by atoms with E-state index in [9.17, 15) is 0 Å². The van der Waals surface area contributed by atoms with Crippen LogP contribution in [0.4, 0.5) is 0 Å². The number of nitrogens with one attached hydrogen (secondary N) is 1. The lowest BCUT2D eigenvalue weighted by Gasteiger charge is -2.18. The Labute approximate surface area is 122 Å². The first-order valence-electron chi connectivity index (χ1n) is 6.39. The maximum atomic E-state index is 6.20. The van der Waals surface area contributed by atoms with Crippen molar-refractivity contribution < 1.29 is 0 Å². The van der Waals surface area contributed by atoms with Crippen molar-refractivity contribution >= 4 is 34.2 Å². The lowest BCUT2D eigenvalue weighted by atomic mass is 10.0. The highest BCUT2D eigenvalue weighted by Gasteiger charge is 2.23. The van der Waals surface area contributed by atoms with Gasteiger partial charge in [-0.2, -0.15) is 0 Å². The molecule has 0 saturated heterocycles. The minimum Gasteiger partial charge on any atom is -0.310 e. The van der Waals surface area contributed by atoms with E-state index in [1.165, 1.54) is 31.2 Å². The molecule has 3 heteroatoms. The fourth-order valence-electron chi connectivity index (χ4n) is 2.17. The van der Waals surface area contributed by atoms with Crippen LogP contribution in [0.1, 0.15) is 44.2 Å². The van der Waals surface area contributed by atoms with Gasteiger partial charge in [0, 0.05) is 9.61 Å². The Morgan fingerprint density at radius 3 is 2.82 bits per heavy atom. The quantitative estimate of drug-likeness (QED) is 0.717. The second-order valence-corrected chi connectivity index (χ2v) is 6.37. The molecule has 1 atom stereocenters. The maximum absolute atomic E-state index is 6.20. The second-order valence-electron chi connectivity index (χ2n) is 4.80. The van der Waals surface area contributed by atoms with Gasteiger partial charge in [-0.25, -0.2) is 0 Å². The predicted octanol–water partition coefficient (Wildman–Crippen LogP) is 4.79. The Morgan fingerprint density at radius 1 is 1.47 bits per heavy atom. The van der Waals surface area contributed by atoms with Gasteiger partial charge in [0.15, 0.2) is 0 Å². The molecule has 0 aliphatic heterocycles. The van der Waals surface area contributed by atoms with E-state index in [1.54, 1.807) is 0 Å². The van der Waals surface area contributed by atoms with E-state index in [2.05, 4.69) is 53.0 Å². The summed E-state index contributed by atoms with van der Waals surface area (Å²) in [5, 5.41) is 4.44. The van der Waals surface area contributed by atoms with Crippen LogP contribution in [0.25, 0.3) is 0 Å². The van der Waals surface area contributed by atoms with Gasteiger partial charge < -0.3 is 5.32 Å². The Balaban J connectivity index is 2.03. The first kappa shape index (κ1) is 13.6. The van der Waals surface area contributed by atoms with E-state index in [1.807, 2.05) is 0 Å². The third-order valence-corrected chi connectivity index (χ3v) is 4.93. The van der Waals surface area contributed by atoms with Crippen molar-refractivity contribution in [2.45, 2.75) is 38.6 Å². The highest BCUT2D eigenvalue weighted by atomic mass is 127. The summed E-state index contributed by atoms with van der Waals surface area (Å²) in [6.45, 7) is 3.18. The molecule has 0 bridgehead atoms. The van der Waals surface area contributed by atoms with Gasteiger partial charge in [-0.1, -0.05) is 37.4 Å². The molecule has 0 heterocycles. The van der Waals surface area contributed by atoms with Crippen LogP contribution < -0.4 is 5.32 Å². The summed E-state index contributed by atoms with van der Waals surface area (Å²) in [6.07, 6.45) is 5.45. The molecule has 1 aromatic carbocycles. The normalized spacial score (nSPS) is 17.1. The number of benzene rings is 1. The van der Waals surface area contributed by atoms with E-state index in [0.717, 1.165) is 21.1 Å². The summed E-state index contributed by atoms with van der Waals surface area (Å²) in [6, 6.07) is 6.90. The monoisotopic (exact) mass is 363 g/mol. The molecule has 0 radical (unpaired) electrons. The molecule has 1 unspecified atom stereocenters. The average Bonchev–Trinajstić information content (AvgIpc) is 3.12. The van der Waals surface area contributed by atoms with Crippen LogP contribution in [0.3, 0.4) is 0 Å². The molecule has 0 spiro atoms. The van der Waals surface area contributed by atoms with E-state index in [-0.39, 0.29) is 0 Å². The highest BCUT2D eigenvalue weighted by Crippen LogP contribution is 2.36.